The zero-order valence-electron chi connectivity index (χ0n) is 13.5. The van der Waals surface area contributed by atoms with Crippen molar-refractivity contribution in [3.8, 4) is 0 Å². The number of carbonyl (C=O) groups excluding carboxylic acids is 1. The van der Waals surface area contributed by atoms with Crippen molar-refractivity contribution in [2.24, 2.45) is 5.73 Å². The van der Waals surface area contributed by atoms with Crippen molar-refractivity contribution in [2.45, 2.75) is 11.3 Å². The molecule has 10 nitrogen and oxygen atoms in total. The molecular weight excluding hydrogens is 382 g/mol. The van der Waals surface area contributed by atoms with E-state index in [0.717, 1.165) is 29.3 Å². The summed E-state index contributed by atoms with van der Waals surface area (Å²) in [6.07, 6.45) is 0.590. The molecule has 0 aliphatic rings. The molecule has 2 rings (SSSR count). The molecule has 4 N–H and O–H groups in total. The van der Waals surface area contributed by atoms with Crippen molar-refractivity contribution < 1.29 is 18.1 Å². The van der Waals surface area contributed by atoms with Gasteiger partial charge in [0.25, 0.3) is 11.6 Å². The summed E-state index contributed by atoms with van der Waals surface area (Å²) in [7, 11) is -3.82. The Morgan fingerprint density at radius 1 is 1.27 bits per heavy atom. The first kappa shape index (κ1) is 19.9. The van der Waals surface area contributed by atoms with E-state index in [1.165, 1.54) is 11.3 Å². The second-order valence-electron chi connectivity index (χ2n) is 5.07. The molecule has 0 atom stereocenters. The molecule has 0 aliphatic heterocycles. The summed E-state index contributed by atoms with van der Waals surface area (Å²) >= 11 is 1.33. The van der Waals surface area contributed by atoms with E-state index >= 15 is 0 Å². The maximum absolute atomic E-state index is 12.1. The summed E-state index contributed by atoms with van der Waals surface area (Å²) in [4.78, 5) is 25.9. The highest BCUT2D eigenvalue weighted by Crippen LogP contribution is 2.15. The van der Waals surface area contributed by atoms with Crippen LogP contribution in [0.15, 0.2) is 34.5 Å². The Balaban J connectivity index is 1.84. The van der Waals surface area contributed by atoms with Gasteiger partial charge in [0.05, 0.1) is 14.8 Å². The first-order valence-electron chi connectivity index (χ1n) is 7.50. The maximum atomic E-state index is 12.1. The number of non-ortho nitro benzene ring substituents is 1. The average Bonchev–Trinajstić information content (AvgIpc) is 3.08. The van der Waals surface area contributed by atoms with Gasteiger partial charge in [-0.2, -0.15) is 0 Å². The lowest BCUT2D eigenvalue weighted by Crippen LogP contribution is -2.34. The molecule has 12 heteroatoms. The Labute approximate surface area is 153 Å². The molecule has 0 saturated heterocycles. The molecule has 0 unspecified atom stereocenters. The maximum Gasteiger partial charge on any atom is 0.270 e. The normalized spacial score (nSPS) is 11.3. The number of aromatic nitrogens is 1. The van der Waals surface area contributed by atoms with Gasteiger partial charge in [0, 0.05) is 37.0 Å². The minimum atomic E-state index is -3.82. The van der Waals surface area contributed by atoms with E-state index in [1.807, 2.05) is 0 Å². The minimum Gasteiger partial charge on any atom is -0.349 e. The molecule has 1 heterocycles. The van der Waals surface area contributed by atoms with E-state index < -0.39 is 20.9 Å². The lowest BCUT2D eigenvalue weighted by Gasteiger charge is -2.07. The molecule has 0 fully saturated rings. The molecule has 0 aliphatic carbocycles. The van der Waals surface area contributed by atoms with Crippen molar-refractivity contribution in [3.63, 3.8) is 0 Å². The summed E-state index contributed by atoms with van der Waals surface area (Å²) in [6.45, 7) is 0.471. The number of nitrogens with one attached hydrogen (secondary N) is 2. The topological polar surface area (TPSA) is 157 Å². The number of hydrogen-bond acceptors (Lipinski definition) is 8. The van der Waals surface area contributed by atoms with Gasteiger partial charge in [-0.1, -0.05) is 0 Å². The van der Waals surface area contributed by atoms with Gasteiger partial charge in [-0.15, -0.1) is 11.3 Å². The minimum absolute atomic E-state index is 0.0369. The highest BCUT2D eigenvalue weighted by Gasteiger charge is 2.16. The zero-order chi connectivity index (χ0) is 19.2. The summed E-state index contributed by atoms with van der Waals surface area (Å²) in [6, 6.07) is 4.51. The predicted octanol–water partition coefficient (Wildman–Crippen LogP) is 0.261. The number of rotatable bonds is 9. The van der Waals surface area contributed by atoms with Crippen LogP contribution in [0.2, 0.25) is 0 Å². The summed E-state index contributed by atoms with van der Waals surface area (Å²) in [5.74, 6) is -0.404. The Morgan fingerprint density at radius 3 is 2.58 bits per heavy atom. The first-order valence-corrected chi connectivity index (χ1v) is 9.86. The van der Waals surface area contributed by atoms with Crippen LogP contribution in [0.5, 0.6) is 0 Å². The zero-order valence-corrected chi connectivity index (χ0v) is 15.2. The lowest BCUT2D eigenvalue weighted by molar-refractivity contribution is -0.384. The molecule has 0 bridgehead atoms. The highest BCUT2D eigenvalue weighted by molar-refractivity contribution is 7.89. The van der Waals surface area contributed by atoms with Gasteiger partial charge in [0.2, 0.25) is 10.0 Å². The number of amides is 1. The van der Waals surface area contributed by atoms with Crippen molar-refractivity contribution >= 4 is 33.0 Å². The van der Waals surface area contributed by atoms with Crippen LogP contribution in [0.3, 0.4) is 0 Å². The number of nitrogens with zero attached hydrogens (tertiary/aromatic N) is 2. The second kappa shape index (κ2) is 8.80. The Morgan fingerprint density at radius 2 is 1.96 bits per heavy atom. The van der Waals surface area contributed by atoms with E-state index in [0.29, 0.717) is 13.0 Å². The number of nitrogens with two attached hydrogens (primary N) is 1. The van der Waals surface area contributed by atoms with Gasteiger partial charge < -0.3 is 11.1 Å². The summed E-state index contributed by atoms with van der Waals surface area (Å²) < 4.78 is 26.5. The molecule has 1 amide bonds. The SMILES string of the molecule is NCCc1nc(C(=O)NCCNS(=O)(=O)c2ccc([N+](=O)[O-])cc2)cs1. The summed E-state index contributed by atoms with van der Waals surface area (Å²) in [5, 5.41) is 15.5. The number of nitro groups is 1. The fourth-order valence-corrected chi connectivity index (χ4v) is 3.76. The van der Waals surface area contributed by atoms with Crippen LogP contribution in [0.25, 0.3) is 0 Å². The molecule has 26 heavy (non-hydrogen) atoms. The third-order valence-electron chi connectivity index (χ3n) is 3.20. The monoisotopic (exact) mass is 399 g/mol. The van der Waals surface area contributed by atoms with Crippen LogP contribution in [0.1, 0.15) is 15.5 Å². The fourth-order valence-electron chi connectivity index (χ4n) is 1.94. The second-order valence-corrected chi connectivity index (χ2v) is 7.78. The lowest BCUT2D eigenvalue weighted by atomic mass is 10.3. The largest absolute Gasteiger partial charge is 0.349 e. The van der Waals surface area contributed by atoms with Gasteiger partial charge in [-0.05, 0) is 18.7 Å². The summed E-state index contributed by atoms with van der Waals surface area (Å²) in [5.41, 5.74) is 5.48. The highest BCUT2D eigenvalue weighted by atomic mass is 32.2. The van der Waals surface area contributed by atoms with Crippen molar-refractivity contribution in [2.75, 3.05) is 19.6 Å². The predicted molar refractivity (Wildman–Crippen MR) is 95.5 cm³/mol. The number of benzene rings is 1. The number of hydrogen-bond donors (Lipinski definition) is 3. The van der Waals surface area contributed by atoms with E-state index in [4.69, 9.17) is 5.73 Å². The molecule has 1 aromatic carbocycles. The first-order chi connectivity index (χ1) is 12.3. The van der Waals surface area contributed by atoms with Crippen LogP contribution in [0, 0.1) is 10.1 Å². The molecule has 0 saturated carbocycles. The molecule has 0 radical (unpaired) electrons. The third kappa shape index (κ3) is 5.29. The van der Waals surface area contributed by atoms with E-state index in [-0.39, 0.29) is 29.4 Å². The van der Waals surface area contributed by atoms with E-state index in [2.05, 4.69) is 15.0 Å². The van der Waals surface area contributed by atoms with Gasteiger partial charge in [0.1, 0.15) is 5.69 Å². The molecule has 0 spiro atoms. The Hall–Kier alpha value is -2.41. The molecule has 2 aromatic rings. The van der Waals surface area contributed by atoms with Crippen LogP contribution in [0.4, 0.5) is 5.69 Å². The van der Waals surface area contributed by atoms with Crippen molar-refractivity contribution in [3.05, 3.63) is 50.5 Å². The smallest absolute Gasteiger partial charge is 0.270 e. The number of thiazole rings is 1. The fraction of sp³-hybridized carbons (Fsp3) is 0.286. The van der Waals surface area contributed by atoms with Crippen LogP contribution in [-0.4, -0.2) is 43.9 Å². The van der Waals surface area contributed by atoms with E-state index in [1.54, 1.807) is 5.38 Å². The van der Waals surface area contributed by atoms with Gasteiger partial charge in [-0.25, -0.2) is 18.1 Å². The number of carbonyl (C=O) groups is 1. The van der Waals surface area contributed by atoms with Crippen molar-refractivity contribution in [1.82, 2.24) is 15.0 Å². The van der Waals surface area contributed by atoms with Crippen LogP contribution in [-0.2, 0) is 16.4 Å². The number of sulfonamides is 1. The molecule has 140 valence electrons. The molecule has 1 aromatic heterocycles. The Kier molecular flexibility index (Phi) is 6.74. The Bertz CT molecular complexity index is 879. The number of nitro benzene ring substituents is 1. The van der Waals surface area contributed by atoms with Gasteiger partial charge in [0.15, 0.2) is 0 Å². The van der Waals surface area contributed by atoms with Crippen LogP contribution < -0.4 is 15.8 Å². The van der Waals surface area contributed by atoms with Gasteiger partial charge >= 0.3 is 0 Å². The van der Waals surface area contributed by atoms with Gasteiger partial charge in [-0.3, -0.25) is 14.9 Å². The quantitative estimate of drug-likeness (QED) is 0.310. The van der Waals surface area contributed by atoms with E-state index in [9.17, 15) is 23.3 Å². The standard InChI is InChI=1S/C14H17N5O5S2/c15-6-5-13-18-12(9-25-13)14(20)16-7-8-17-26(23,24)11-3-1-10(2-4-11)19(21)22/h1-4,9,17H,5-8,15H2,(H,16,20). The van der Waals surface area contributed by atoms with Crippen LogP contribution >= 0.6 is 11.3 Å². The molecular formula is C14H17N5O5S2. The average molecular weight is 399 g/mol. The van der Waals surface area contributed by atoms with Crippen molar-refractivity contribution in [1.29, 1.82) is 0 Å². The third-order valence-corrected chi connectivity index (χ3v) is 5.59.